The number of hydrogen-bond donors (Lipinski definition) is 1. The van der Waals surface area contributed by atoms with Crippen molar-refractivity contribution in [1.82, 2.24) is 9.80 Å². The van der Waals surface area contributed by atoms with Crippen LogP contribution >= 0.6 is 11.8 Å². The first-order valence-corrected chi connectivity index (χ1v) is 11.0. The van der Waals surface area contributed by atoms with Crippen molar-refractivity contribution >= 4 is 41.1 Å². The van der Waals surface area contributed by atoms with Gasteiger partial charge in [0.25, 0.3) is 11.8 Å². The van der Waals surface area contributed by atoms with Gasteiger partial charge in [0, 0.05) is 12.7 Å². The first-order chi connectivity index (χ1) is 14.8. The molecule has 0 aliphatic carbocycles. The number of fused-ring (bicyclic) bond motifs is 1. The molecule has 0 aromatic heterocycles. The van der Waals surface area contributed by atoms with E-state index in [0.29, 0.717) is 5.75 Å². The third kappa shape index (κ3) is 4.93. The molecule has 4 amide bonds. The standard InChI is InChI=1S/C22H22FN3O4S/c1-25(13-19(27)24-15-7-5-6-14(23)12-15)22(30)18(10-11-31-2)26-20(28)16-8-3-4-9-17(16)21(26)29/h3-9,12,18H,10-11,13H2,1-2H3,(H,24,27)/t18-/m1/s1. The SMILES string of the molecule is CSCC[C@H](C(=O)N(C)CC(=O)Nc1cccc(F)c1)N1C(=O)c2ccccc2C1=O. The fourth-order valence-corrected chi connectivity index (χ4v) is 3.86. The second-order valence-electron chi connectivity index (χ2n) is 7.08. The number of hydrogen-bond acceptors (Lipinski definition) is 5. The molecule has 0 saturated carbocycles. The Balaban J connectivity index is 1.74. The van der Waals surface area contributed by atoms with Gasteiger partial charge >= 0.3 is 0 Å². The number of nitrogens with one attached hydrogen (secondary N) is 1. The van der Waals surface area contributed by atoms with Crippen molar-refractivity contribution < 1.29 is 23.6 Å². The normalized spacial score (nSPS) is 13.7. The monoisotopic (exact) mass is 443 g/mol. The molecule has 9 heteroatoms. The molecule has 1 atom stereocenters. The van der Waals surface area contributed by atoms with Crippen molar-refractivity contribution in [3.63, 3.8) is 0 Å². The van der Waals surface area contributed by atoms with E-state index >= 15 is 0 Å². The summed E-state index contributed by atoms with van der Waals surface area (Å²) in [6, 6.07) is 10.8. The average Bonchev–Trinajstić information content (AvgIpc) is 2.99. The van der Waals surface area contributed by atoms with Gasteiger partial charge in [-0.05, 0) is 48.8 Å². The number of rotatable bonds is 8. The Morgan fingerprint density at radius 1 is 1.10 bits per heavy atom. The van der Waals surface area contributed by atoms with Crippen molar-refractivity contribution in [3.05, 3.63) is 65.5 Å². The van der Waals surface area contributed by atoms with E-state index in [1.165, 1.54) is 48.0 Å². The van der Waals surface area contributed by atoms with Gasteiger partial charge in [-0.25, -0.2) is 4.39 Å². The molecule has 0 bridgehead atoms. The topological polar surface area (TPSA) is 86.8 Å². The summed E-state index contributed by atoms with van der Waals surface area (Å²) in [6.45, 7) is -0.311. The number of halogens is 1. The van der Waals surface area contributed by atoms with Crippen LogP contribution in [0.2, 0.25) is 0 Å². The summed E-state index contributed by atoms with van der Waals surface area (Å²) >= 11 is 1.49. The molecule has 2 aromatic rings. The van der Waals surface area contributed by atoms with E-state index in [4.69, 9.17) is 0 Å². The summed E-state index contributed by atoms with van der Waals surface area (Å²) in [5, 5.41) is 2.53. The Hall–Kier alpha value is -3.20. The number of nitrogens with zero attached hydrogens (tertiary/aromatic N) is 2. The zero-order valence-corrected chi connectivity index (χ0v) is 17.9. The zero-order valence-electron chi connectivity index (χ0n) is 17.1. The quantitative estimate of drug-likeness (QED) is 0.634. The highest BCUT2D eigenvalue weighted by molar-refractivity contribution is 7.98. The van der Waals surface area contributed by atoms with Gasteiger partial charge < -0.3 is 10.2 Å². The van der Waals surface area contributed by atoms with Crippen LogP contribution in [0.3, 0.4) is 0 Å². The Kier molecular flexibility index (Phi) is 7.06. The number of thioether (sulfide) groups is 1. The lowest BCUT2D eigenvalue weighted by Crippen LogP contribution is -2.51. The van der Waals surface area contributed by atoms with Crippen LogP contribution in [-0.4, -0.2) is 65.1 Å². The molecule has 1 heterocycles. The van der Waals surface area contributed by atoms with E-state index in [-0.39, 0.29) is 29.8 Å². The zero-order chi connectivity index (χ0) is 22.5. The summed E-state index contributed by atoms with van der Waals surface area (Å²) < 4.78 is 13.3. The number of imide groups is 1. The van der Waals surface area contributed by atoms with Gasteiger partial charge in [0.2, 0.25) is 11.8 Å². The molecule has 31 heavy (non-hydrogen) atoms. The van der Waals surface area contributed by atoms with Crippen LogP contribution in [0.1, 0.15) is 27.1 Å². The highest BCUT2D eigenvalue weighted by Gasteiger charge is 2.43. The molecule has 2 aromatic carbocycles. The van der Waals surface area contributed by atoms with Crippen molar-refractivity contribution in [2.45, 2.75) is 12.5 Å². The van der Waals surface area contributed by atoms with Gasteiger partial charge in [0.15, 0.2) is 0 Å². The number of carbonyl (C=O) groups excluding carboxylic acids is 4. The molecular weight excluding hydrogens is 421 g/mol. The van der Waals surface area contributed by atoms with E-state index in [9.17, 15) is 23.6 Å². The smallest absolute Gasteiger partial charge is 0.262 e. The van der Waals surface area contributed by atoms with Crippen molar-refractivity contribution in [2.24, 2.45) is 0 Å². The van der Waals surface area contributed by atoms with Crippen LogP contribution < -0.4 is 5.32 Å². The summed E-state index contributed by atoms with van der Waals surface area (Å²) in [6.07, 6.45) is 2.13. The van der Waals surface area contributed by atoms with Crippen molar-refractivity contribution in [1.29, 1.82) is 0 Å². The Bertz CT molecular complexity index is 994. The van der Waals surface area contributed by atoms with Gasteiger partial charge in [0.05, 0.1) is 17.7 Å². The molecule has 0 fully saturated rings. The number of carbonyl (C=O) groups is 4. The van der Waals surface area contributed by atoms with Crippen LogP contribution in [0, 0.1) is 5.82 Å². The molecule has 0 saturated heterocycles. The predicted octanol–water partition coefficient (Wildman–Crippen LogP) is 2.64. The van der Waals surface area contributed by atoms with Crippen LogP contribution in [0.4, 0.5) is 10.1 Å². The van der Waals surface area contributed by atoms with Crippen molar-refractivity contribution in [3.8, 4) is 0 Å². The maximum Gasteiger partial charge on any atom is 0.262 e. The third-order valence-corrected chi connectivity index (χ3v) is 5.53. The highest BCUT2D eigenvalue weighted by atomic mass is 32.2. The molecule has 1 aliphatic heterocycles. The van der Waals surface area contributed by atoms with E-state index in [1.54, 1.807) is 24.3 Å². The minimum Gasteiger partial charge on any atom is -0.335 e. The lowest BCUT2D eigenvalue weighted by Gasteiger charge is -2.29. The number of anilines is 1. The summed E-state index contributed by atoms with van der Waals surface area (Å²) in [4.78, 5) is 53.3. The molecule has 7 nitrogen and oxygen atoms in total. The molecule has 0 radical (unpaired) electrons. The molecule has 0 unspecified atom stereocenters. The first kappa shape index (κ1) is 22.5. The fourth-order valence-electron chi connectivity index (χ4n) is 3.40. The van der Waals surface area contributed by atoms with Crippen molar-refractivity contribution in [2.75, 3.05) is 30.9 Å². The summed E-state index contributed by atoms with van der Waals surface area (Å²) in [5.74, 6) is -2.02. The number of likely N-dealkylation sites (N-methyl/N-ethyl adjacent to an activating group) is 1. The van der Waals surface area contributed by atoms with Crippen LogP contribution in [-0.2, 0) is 9.59 Å². The van der Waals surface area contributed by atoms with Gasteiger partial charge in [-0.3, -0.25) is 24.1 Å². The van der Waals surface area contributed by atoms with Crippen LogP contribution in [0.25, 0.3) is 0 Å². The molecule has 0 spiro atoms. The Labute approximate surface area is 183 Å². The van der Waals surface area contributed by atoms with Crippen LogP contribution in [0.15, 0.2) is 48.5 Å². The maximum atomic E-state index is 13.3. The van der Waals surface area contributed by atoms with E-state index in [0.717, 1.165) is 4.90 Å². The van der Waals surface area contributed by atoms with E-state index in [1.807, 2.05) is 6.26 Å². The lowest BCUT2D eigenvalue weighted by molar-refractivity contribution is -0.136. The fraction of sp³-hybridized carbons (Fsp3) is 0.273. The summed E-state index contributed by atoms with van der Waals surface area (Å²) in [5.41, 5.74) is 0.798. The largest absolute Gasteiger partial charge is 0.335 e. The molecule has 1 N–H and O–H groups in total. The molecule has 162 valence electrons. The summed E-state index contributed by atoms with van der Waals surface area (Å²) in [7, 11) is 1.43. The lowest BCUT2D eigenvalue weighted by atomic mass is 10.1. The minimum absolute atomic E-state index is 0.265. The van der Waals surface area contributed by atoms with E-state index in [2.05, 4.69) is 5.32 Å². The second kappa shape index (κ2) is 9.74. The maximum absolute atomic E-state index is 13.3. The Morgan fingerprint density at radius 3 is 2.32 bits per heavy atom. The molecule has 1 aliphatic rings. The minimum atomic E-state index is -1.02. The van der Waals surface area contributed by atoms with Crippen LogP contribution in [0.5, 0.6) is 0 Å². The number of benzene rings is 2. The average molecular weight is 444 g/mol. The van der Waals surface area contributed by atoms with Gasteiger partial charge in [-0.2, -0.15) is 11.8 Å². The second-order valence-corrected chi connectivity index (χ2v) is 8.06. The third-order valence-electron chi connectivity index (χ3n) is 4.88. The highest BCUT2D eigenvalue weighted by Crippen LogP contribution is 2.26. The molecular formula is C22H22FN3O4S. The first-order valence-electron chi connectivity index (χ1n) is 9.59. The Morgan fingerprint density at radius 2 is 1.74 bits per heavy atom. The van der Waals surface area contributed by atoms with Gasteiger partial charge in [0.1, 0.15) is 11.9 Å². The molecule has 3 rings (SSSR count). The van der Waals surface area contributed by atoms with E-state index < -0.39 is 35.5 Å². The predicted molar refractivity (Wildman–Crippen MR) is 116 cm³/mol. The van der Waals surface area contributed by atoms with Gasteiger partial charge in [-0.15, -0.1) is 0 Å². The van der Waals surface area contributed by atoms with Gasteiger partial charge in [-0.1, -0.05) is 18.2 Å². The number of amides is 4.